The van der Waals surface area contributed by atoms with Crippen molar-refractivity contribution in [1.82, 2.24) is 19.9 Å². The fourth-order valence-electron chi connectivity index (χ4n) is 4.46. The lowest BCUT2D eigenvalue weighted by Gasteiger charge is -2.27. The summed E-state index contributed by atoms with van der Waals surface area (Å²) in [4.78, 5) is 23.9. The van der Waals surface area contributed by atoms with Crippen molar-refractivity contribution in [3.05, 3.63) is 60.6 Å². The molecule has 0 aliphatic carbocycles. The maximum absolute atomic E-state index is 13.5. The van der Waals surface area contributed by atoms with Gasteiger partial charge in [-0.2, -0.15) is 0 Å². The van der Waals surface area contributed by atoms with E-state index in [9.17, 15) is 18.0 Å². The molecule has 3 heterocycles. The molecule has 39 heavy (non-hydrogen) atoms. The first-order chi connectivity index (χ1) is 18.9. The number of amides is 1. The molecule has 1 unspecified atom stereocenters. The lowest BCUT2D eigenvalue weighted by atomic mass is 10.1. The molecule has 1 aliphatic heterocycles. The lowest BCUT2D eigenvalue weighted by Crippen LogP contribution is -2.36. The Bertz CT molecular complexity index is 1450. The average Bonchev–Trinajstić information content (AvgIpc) is 3.40. The van der Waals surface area contributed by atoms with E-state index >= 15 is 0 Å². The van der Waals surface area contributed by atoms with Crippen molar-refractivity contribution in [1.29, 1.82) is 0 Å². The van der Waals surface area contributed by atoms with Crippen molar-refractivity contribution in [2.75, 3.05) is 45.4 Å². The second-order valence-corrected chi connectivity index (χ2v) is 8.76. The number of hydrogen-bond donors (Lipinski definition) is 1. The molecule has 1 amide bonds. The third-order valence-electron chi connectivity index (χ3n) is 6.45. The minimum absolute atomic E-state index is 0.0215. The number of anilines is 1. The lowest BCUT2D eigenvalue weighted by molar-refractivity contribution is 0.0285. The van der Waals surface area contributed by atoms with Crippen molar-refractivity contribution in [3.63, 3.8) is 0 Å². The van der Waals surface area contributed by atoms with Crippen LogP contribution >= 0.6 is 0 Å². The molecule has 1 atom stereocenters. The van der Waals surface area contributed by atoms with Gasteiger partial charge in [0.15, 0.2) is 0 Å². The Morgan fingerprint density at radius 1 is 0.974 bits per heavy atom. The summed E-state index contributed by atoms with van der Waals surface area (Å²) in [6, 6.07) is 12.9. The van der Waals surface area contributed by atoms with Gasteiger partial charge in [0.05, 0.1) is 44.2 Å². The molecule has 12 heteroatoms. The number of methoxy groups -OCH3 is 2. The molecule has 0 spiro atoms. The number of pyridine rings is 1. The van der Waals surface area contributed by atoms with E-state index in [-0.39, 0.29) is 17.1 Å². The fourth-order valence-corrected chi connectivity index (χ4v) is 4.46. The summed E-state index contributed by atoms with van der Waals surface area (Å²) < 4.78 is 56.6. The molecular weight excluding hydrogens is 515 g/mol. The highest BCUT2D eigenvalue weighted by molar-refractivity contribution is 6.00. The van der Waals surface area contributed by atoms with E-state index in [2.05, 4.69) is 14.9 Å². The number of morpholine rings is 1. The molecule has 2 aromatic carbocycles. The van der Waals surface area contributed by atoms with Gasteiger partial charge in [0.1, 0.15) is 29.2 Å². The smallest absolute Gasteiger partial charge is 0.287 e. The van der Waals surface area contributed by atoms with E-state index in [1.54, 1.807) is 16.2 Å². The molecule has 1 N–H and O–H groups in total. The average molecular weight is 542 g/mol. The quantitative estimate of drug-likeness (QED) is 0.334. The van der Waals surface area contributed by atoms with Crippen LogP contribution in [0.3, 0.4) is 0 Å². The first kappa shape index (κ1) is 26.3. The Labute approximate surface area is 222 Å². The number of rotatable bonds is 8. The van der Waals surface area contributed by atoms with Gasteiger partial charge in [-0.3, -0.25) is 9.36 Å². The number of hydrogen-bond acceptors (Lipinski definition) is 7. The number of fused-ring (bicyclic) bond motifs is 1. The van der Waals surface area contributed by atoms with Gasteiger partial charge >= 0.3 is 0 Å². The van der Waals surface area contributed by atoms with E-state index in [1.165, 1.54) is 26.4 Å². The molecule has 1 saturated heterocycles. The summed E-state index contributed by atoms with van der Waals surface area (Å²) in [6.45, 7) is 2.99. The van der Waals surface area contributed by atoms with Crippen LogP contribution in [0.1, 0.15) is 10.4 Å². The summed E-state index contributed by atoms with van der Waals surface area (Å²) >= 11 is 0. The Kier molecular flexibility index (Phi) is 7.55. The van der Waals surface area contributed by atoms with Gasteiger partial charge in [-0.1, -0.05) is 6.07 Å². The van der Waals surface area contributed by atoms with E-state index in [4.69, 9.17) is 14.2 Å². The Morgan fingerprint density at radius 2 is 1.67 bits per heavy atom. The van der Waals surface area contributed by atoms with Crippen molar-refractivity contribution < 1.29 is 32.2 Å². The number of benzene rings is 2. The van der Waals surface area contributed by atoms with Gasteiger partial charge in [-0.05, 0) is 29.8 Å². The summed E-state index contributed by atoms with van der Waals surface area (Å²) in [5.41, 5.74) is 3.69. The number of carbonyl (C=O) groups is 1. The fraction of sp³-hybridized carbons (Fsp3) is 0.296. The minimum Gasteiger partial charge on any atom is -0.496 e. The Hall–Kier alpha value is -4.32. The maximum atomic E-state index is 13.5. The van der Waals surface area contributed by atoms with Crippen LogP contribution in [-0.4, -0.2) is 73.7 Å². The number of carbonyl (C=O) groups excluding carboxylic acids is 1. The third kappa shape index (κ3) is 5.32. The zero-order valence-corrected chi connectivity index (χ0v) is 21.2. The molecule has 0 radical (unpaired) electrons. The highest BCUT2D eigenvalue weighted by atomic mass is 19.3. The number of alkyl halides is 3. The van der Waals surface area contributed by atoms with Crippen molar-refractivity contribution in [2.24, 2.45) is 0 Å². The standard InChI is InChI=1S/C27H26F3N5O4/c1-37-21-12-18(13-22(38-2)24(21)27(36)33-26(30)25(28)29)35-15-32-19-11-16(3-5-20(19)35)17-4-6-23(31-14-17)34-7-9-39-10-8-34/h3-6,11-15,25-26H,7-10H2,1-2H3,(H,33,36). The van der Waals surface area contributed by atoms with Crippen LogP contribution in [0.15, 0.2) is 55.0 Å². The Morgan fingerprint density at radius 3 is 2.28 bits per heavy atom. The third-order valence-corrected chi connectivity index (χ3v) is 6.45. The zero-order valence-electron chi connectivity index (χ0n) is 21.2. The molecular formula is C27H26F3N5O4. The molecule has 5 rings (SSSR count). The zero-order chi connectivity index (χ0) is 27.5. The molecule has 0 bridgehead atoms. The van der Waals surface area contributed by atoms with Crippen LogP contribution in [0.5, 0.6) is 11.5 Å². The van der Waals surface area contributed by atoms with Crippen molar-refractivity contribution in [2.45, 2.75) is 12.7 Å². The number of imidazole rings is 1. The first-order valence-corrected chi connectivity index (χ1v) is 12.2. The van der Waals surface area contributed by atoms with Gasteiger partial charge in [-0.15, -0.1) is 0 Å². The number of ether oxygens (including phenoxy) is 3. The molecule has 1 fully saturated rings. The highest BCUT2D eigenvalue weighted by Crippen LogP contribution is 2.34. The van der Waals surface area contributed by atoms with Gasteiger partial charge in [0.25, 0.3) is 12.3 Å². The van der Waals surface area contributed by atoms with Crippen LogP contribution in [0, 0.1) is 0 Å². The summed E-state index contributed by atoms with van der Waals surface area (Å²) in [5.74, 6) is -0.137. The Balaban J connectivity index is 1.44. The second kappa shape index (κ2) is 11.2. The second-order valence-electron chi connectivity index (χ2n) is 8.76. The highest BCUT2D eigenvalue weighted by Gasteiger charge is 2.27. The predicted octanol–water partition coefficient (Wildman–Crippen LogP) is 4.23. The van der Waals surface area contributed by atoms with E-state index in [1.807, 2.05) is 36.5 Å². The largest absolute Gasteiger partial charge is 0.496 e. The van der Waals surface area contributed by atoms with Gasteiger partial charge < -0.3 is 24.4 Å². The monoisotopic (exact) mass is 541 g/mol. The van der Waals surface area contributed by atoms with Crippen molar-refractivity contribution >= 4 is 22.8 Å². The van der Waals surface area contributed by atoms with E-state index in [0.717, 1.165) is 35.6 Å². The van der Waals surface area contributed by atoms with Crippen LogP contribution in [-0.2, 0) is 4.74 Å². The van der Waals surface area contributed by atoms with Gasteiger partial charge in [0, 0.05) is 37.0 Å². The normalized spacial score (nSPS) is 14.5. The van der Waals surface area contributed by atoms with Crippen LogP contribution in [0.25, 0.3) is 27.8 Å². The molecule has 4 aromatic rings. The van der Waals surface area contributed by atoms with Gasteiger partial charge in [0.2, 0.25) is 6.30 Å². The van der Waals surface area contributed by atoms with Crippen LogP contribution in [0.4, 0.5) is 19.0 Å². The number of aromatic nitrogens is 3. The molecule has 0 saturated carbocycles. The summed E-state index contributed by atoms with van der Waals surface area (Å²) in [5, 5.41) is 1.62. The maximum Gasteiger partial charge on any atom is 0.287 e. The topological polar surface area (TPSA) is 90.7 Å². The van der Waals surface area contributed by atoms with Crippen LogP contribution in [0.2, 0.25) is 0 Å². The van der Waals surface area contributed by atoms with Crippen molar-refractivity contribution in [3.8, 4) is 28.3 Å². The van der Waals surface area contributed by atoms with E-state index < -0.39 is 18.6 Å². The SMILES string of the molecule is COc1cc(-n2cnc3cc(-c4ccc(N5CCOCC5)nc4)ccc32)cc(OC)c1C(=O)NC(F)C(F)F. The first-order valence-electron chi connectivity index (χ1n) is 12.2. The molecule has 204 valence electrons. The predicted molar refractivity (Wildman–Crippen MR) is 139 cm³/mol. The summed E-state index contributed by atoms with van der Waals surface area (Å²) in [7, 11) is 2.62. The number of nitrogens with one attached hydrogen (secondary N) is 1. The summed E-state index contributed by atoms with van der Waals surface area (Å²) in [6.07, 6.45) is -2.76. The number of halogens is 3. The van der Waals surface area contributed by atoms with E-state index in [0.29, 0.717) is 24.4 Å². The van der Waals surface area contributed by atoms with Gasteiger partial charge in [-0.25, -0.2) is 23.1 Å². The minimum atomic E-state index is -3.37. The number of nitrogens with zero attached hydrogens (tertiary/aromatic N) is 4. The molecule has 9 nitrogen and oxygen atoms in total. The molecule has 2 aromatic heterocycles. The molecule has 1 aliphatic rings. The van der Waals surface area contributed by atoms with Crippen LogP contribution < -0.4 is 19.7 Å².